The van der Waals surface area contributed by atoms with Crippen LogP contribution in [0.5, 0.6) is 0 Å². The first kappa shape index (κ1) is 21.4. The molecule has 0 aliphatic carbocycles. The Morgan fingerprint density at radius 2 is 2.21 bits per heavy atom. The molecule has 3 fully saturated rings. The van der Waals surface area contributed by atoms with Crippen LogP contribution in [-0.4, -0.2) is 73.1 Å². The second-order valence-corrected chi connectivity index (χ2v) is 7.63. The van der Waals surface area contributed by atoms with Gasteiger partial charge in [-0.2, -0.15) is 0 Å². The van der Waals surface area contributed by atoms with E-state index in [4.69, 9.17) is 14.1 Å². The minimum Gasteiger partial charge on any atom is -0.469 e. The summed E-state index contributed by atoms with van der Waals surface area (Å²) in [5.41, 5.74) is 0. The minimum atomic E-state index is 0. The molecule has 8 heteroatoms. The predicted octanol–water partition coefficient (Wildman–Crippen LogP) is 2.26. The molecular formula is C20H31IN4O3. The van der Waals surface area contributed by atoms with Gasteiger partial charge in [-0.1, -0.05) is 0 Å². The Balaban J connectivity index is 0.00000225. The van der Waals surface area contributed by atoms with Gasteiger partial charge in [0.05, 0.1) is 18.9 Å². The Kier molecular flexibility index (Phi) is 8.01. The molecule has 28 heavy (non-hydrogen) atoms. The van der Waals surface area contributed by atoms with E-state index >= 15 is 0 Å². The number of nitrogens with zero attached hydrogens (tertiary/aromatic N) is 3. The van der Waals surface area contributed by atoms with Crippen molar-refractivity contribution in [2.45, 2.75) is 50.7 Å². The van der Waals surface area contributed by atoms with Gasteiger partial charge in [-0.05, 0) is 37.8 Å². The van der Waals surface area contributed by atoms with E-state index in [0.29, 0.717) is 24.9 Å². The molecule has 0 spiro atoms. The maximum absolute atomic E-state index is 12.0. The van der Waals surface area contributed by atoms with Crippen LogP contribution in [0.2, 0.25) is 0 Å². The van der Waals surface area contributed by atoms with Gasteiger partial charge in [-0.25, -0.2) is 0 Å². The van der Waals surface area contributed by atoms with Crippen molar-refractivity contribution in [3.8, 4) is 0 Å². The highest BCUT2D eigenvalue weighted by Crippen LogP contribution is 2.23. The van der Waals surface area contributed by atoms with Crippen LogP contribution in [0.1, 0.15) is 37.9 Å². The topological polar surface area (TPSA) is 70.3 Å². The van der Waals surface area contributed by atoms with E-state index in [1.807, 2.05) is 17.0 Å². The first-order valence-corrected chi connectivity index (χ1v) is 10.3. The lowest BCUT2D eigenvalue weighted by Crippen LogP contribution is -2.56. The van der Waals surface area contributed by atoms with Gasteiger partial charge in [-0.15, -0.1) is 24.0 Å². The van der Waals surface area contributed by atoms with E-state index in [-0.39, 0.29) is 30.1 Å². The lowest BCUT2D eigenvalue weighted by Gasteiger charge is -2.39. The zero-order valence-corrected chi connectivity index (χ0v) is 18.7. The first-order chi connectivity index (χ1) is 13.3. The zero-order chi connectivity index (χ0) is 18.5. The van der Waals surface area contributed by atoms with Crippen LogP contribution < -0.4 is 5.32 Å². The van der Waals surface area contributed by atoms with E-state index in [2.05, 4.69) is 10.2 Å². The summed E-state index contributed by atoms with van der Waals surface area (Å²) in [6, 6.07) is 4.24. The molecule has 1 N–H and O–H groups in total. The van der Waals surface area contributed by atoms with Gasteiger partial charge in [0.25, 0.3) is 0 Å². The smallest absolute Gasteiger partial charge is 0.223 e. The number of ether oxygens (including phenoxy) is 1. The van der Waals surface area contributed by atoms with Gasteiger partial charge in [0.15, 0.2) is 5.96 Å². The molecule has 7 nitrogen and oxygen atoms in total. The number of hydrogen-bond acceptors (Lipinski definition) is 4. The third-order valence-electron chi connectivity index (χ3n) is 5.75. The number of fused-ring (bicyclic) bond motifs is 1. The van der Waals surface area contributed by atoms with Crippen molar-refractivity contribution >= 4 is 35.8 Å². The number of guanidine groups is 1. The second-order valence-electron chi connectivity index (χ2n) is 7.63. The van der Waals surface area contributed by atoms with Crippen molar-refractivity contribution in [2.24, 2.45) is 4.99 Å². The molecule has 0 saturated carbocycles. The average Bonchev–Trinajstić information content (AvgIpc) is 3.35. The summed E-state index contributed by atoms with van der Waals surface area (Å²) in [4.78, 5) is 21.2. The van der Waals surface area contributed by atoms with E-state index < -0.39 is 0 Å². The molecule has 3 aliphatic rings. The second kappa shape index (κ2) is 10.5. The molecular weight excluding hydrogens is 471 g/mol. The Morgan fingerprint density at radius 1 is 1.29 bits per heavy atom. The monoisotopic (exact) mass is 502 g/mol. The summed E-state index contributed by atoms with van der Waals surface area (Å²) < 4.78 is 11.3. The molecule has 2 atom stereocenters. The van der Waals surface area contributed by atoms with E-state index in [9.17, 15) is 4.79 Å². The largest absolute Gasteiger partial charge is 0.469 e. The standard InChI is InChI=1S/C20H30N4O3.HI/c25-19-7-6-16-15-23(10-11-24(16)19)20(21-9-8-17-5-3-13-26-17)22-14-18-4-1-2-12-27-18;/h3,5,13,16,18H,1-2,4,6-12,14-15H2,(H,21,22);1H. The molecule has 156 valence electrons. The lowest BCUT2D eigenvalue weighted by molar-refractivity contribution is -0.130. The van der Waals surface area contributed by atoms with Gasteiger partial charge in [0.1, 0.15) is 5.76 Å². The molecule has 4 rings (SSSR count). The number of hydrogen-bond donors (Lipinski definition) is 1. The highest BCUT2D eigenvalue weighted by Gasteiger charge is 2.36. The van der Waals surface area contributed by atoms with Crippen molar-refractivity contribution in [2.75, 3.05) is 39.3 Å². The molecule has 1 aromatic rings. The maximum Gasteiger partial charge on any atom is 0.223 e. The number of furan rings is 1. The molecule has 4 heterocycles. The molecule has 3 aliphatic heterocycles. The van der Waals surface area contributed by atoms with Gasteiger partial charge in [-0.3, -0.25) is 9.79 Å². The Labute approximate surface area is 183 Å². The number of rotatable bonds is 5. The van der Waals surface area contributed by atoms with Gasteiger partial charge < -0.3 is 24.3 Å². The summed E-state index contributed by atoms with van der Waals surface area (Å²) in [5.74, 6) is 2.22. The van der Waals surface area contributed by atoms with Crippen LogP contribution in [0.25, 0.3) is 0 Å². The van der Waals surface area contributed by atoms with E-state index in [0.717, 1.165) is 70.2 Å². The van der Waals surface area contributed by atoms with Crippen LogP contribution in [0.4, 0.5) is 0 Å². The third kappa shape index (κ3) is 5.40. The van der Waals surface area contributed by atoms with Crippen molar-refractivity contribution < 1.29 is 13.9 Å². The Bertz CT molecular complexity index is 646. The fourth-order valence-electron chi connectivity index (χ4n) is 4.22. The van der Waals surface area contributed by atoms with Crippen LogP contribution in [0.3, 0.4) is 0 Å². The number of carbonyl (C=O) groups is 1. The van der Waals surface area contributed by atoms with Crippen LogP contribution >= 0.6 is 24.0 Å². The molecule has 3 saturated heterocycles. The van der Waals surface area contributed by atoms with Gasteiger partial charge in [0.2, 0.25) is 5.91 Å². The number of amides is 1. The quantitative estimate of drug-likeness (QED) is 0.380. The number of nitrogens with one attached hydrogen (secondary N) is 1. The Morgan fingerprint density at radius 3 is 3.00 bits per heavy atom. The first-order valence-electron chi connectivity index (χ1n) is 10.3. The maximum atomic E-state index is 12.0. The van der Waals surface area contributed by atoms with Crippen molar-refractivity contribution in [3.05, 3.63) is 24.2 Å². The fraction of sp³-hybridized carbons (Fsp3) is 0.700. The molecule has 2 unspecified atom stereocenters. The summed E-state index contributed by atoms with van der Waals surface area (Å²) >= 11 is 0. The number of carbonyl (C=O) groups excluding carboxylic acids is 1. The molecule has 1 aromatic heterocycles. The van der Waals surface area contributed by atoms with Crippen LogP contribution in [0, 0.1) is 0 Å². The normalized spacial score (nSPS) is 25.4. The molecule has 0 aromatic carbocycles. The van der Waals surface area contributed by atoms with Crippen LogP contribution in [0.15, 0.2) is 27.8 Å². The molecule has 0 radical (unpaired) electrons. The lowest BCUT2D eigenvalue weighted by atomic mass is 10.1. The highest BCUT2D eigenvalue weighted by atomic mass is 127. The minimum absolute atomic E-state index is 0. The summed E-state index contributed by atoms with van der Waals surface area (Å²) in [5, 5.41) is 3.52. The van der Waals surface area contributed by atoms with Crippen molar-refractivity contribution in [1.82, 2.24) is 15.1 Å². The number of halogens is 1. The third-order valence-corrected chi connectivity index (χ3v) is 5.75. The molecule has 1 amide bonds. The van der Waals surface area contributed by atoms with Gasteiger partial charge in [0, 0.05) is 51.7 Å². The van der Waals surface area contributed by atoms with Crippen molar-refractivity contribution in [1.29, 1.82) is 0 Å². The number of piperazine rings is 1. The van der Waals surface area contributed by atoms with E-state index in [1.54, 1.807) is 6.26 Å². The summed E-state index contributed by atoms with van der Waals surface area (Å²) in [6.45, 7) is 4.82. The average molecular weight is 502 g/mol. The number of aliphatic imine (C=N–C) groups is 1. The SMILES string of the molecule is I.O=C1CCC2CN(C(=NCC3CCCCO3)NCCc3ccco3)CCN12. The van der Waals surface area contributed by atoms with Crippen molar-refractivity contribution in [3.63, 3.8) is 0 Å². The summed E-state index contributed by atoms with van der Waals surface area (Å²) in [6.07, 6.45) is 7.89. The zero-order valence-electron chi connectivity index (χ0n) is 16.3. The summed E-state index contributed by atoms with van der Waals surface area (Å²) in [7, 11) is 0. The molecule has 0 bridgehead atoms. The predicted molar refractivity (Wildman–Crippen MR) is 118 cm³/mol. The van der Waals surface area contributed by atoms with Crippen LogP contribution in [-0.2, 0) is 16.0 Å². The highest BCUT2D eigenvalue weighted by molar-refractivity contribution is 14.0. The Hall–Kier alpha value is -1.29. The fourth-order valence-corrected chi connectivity index (χ4v) is 4.22. The van der Waals surface area contributed by atoms with Gasteiger partial charge >= 0.3 is 0 Å². The van der Waals surface area contributed by atoms with E-state index in [1.165, 1.54) is 6.42 Å².